The molecule has 0 aliphatic heterocycles. The lowest BCUT2D eigenvalue weighted by Gasteiger charge is -1.99. The van der Waals surface area contributed by atoms with E-state index in [0.717, 1.165) is 11.3 Å². The Labute approximate surface area is 58.8 Å². The van der Waals surface area contributed by atoms with E-state index in [1.54, 1.807) is 0 Å². The van der Waals surface area contributed by atoms with E-state index >= 15 is 0 Å². The van der Waals surface area contributed by atoms with Gasteiger partial charge in [0.05, 0.1) is 5.03 Å². The Hall–Kier alpha value is -0.140. The highest BCUT2D eigenvalue weighted by molar-refractivity contribution is 7.81. The van der Waals surface area contributed by atoms with E-state index in [0.29, 0.717) is 5.03 Å². The van der Waals surface area contributed by atoms with Crippen LogP contribution in [0, 0.1) is 0 Å². The minimum absolute atomic E-state index is 0.711. The van der Waals surface area contributed by atoms with Crippen molar-refractivity contribution >= 4 is 28.7 Å². The first-order chi connectivity index (χ1) is 3.80. The summed E-state index contributed by atoms with van der Waals surface area (Å²) in [6.45, 7) is 0. The zero-order valence-electron chi connectivity index (χ0n) is 4.23. The molecule has 0 spiro atoms. The number of rotatable bonds is 0. The Kier molecular flexibility index (Phi) is 1.81. The van der Waals surface area contributed by atoms with Crippen LogP contribution >= 0.6 is 23.8 Å². The molecule has 1 aliphatic rings. The smallest absolute Gasteiger partial charge is 0.0548 e. The second-order valence-corrected chi connectivity index (χ2v) is 2.47. The molecule has 0 radical (unpaired) electrons. The molecule has 0 heterocycles. The van der Waals surface area contributed by atoms with Crippen molar-refractivity contribution in [2.24, 2.45) is 0 Å². The van der Waals surface area contributed by atoms with E-state index in [9.17, 15) is 0 Å². The molecule has 0 amide bonds. The topological polar surface area (TPSA) is 0 Å². The van der Waals surface area contributed by atoms with Crippen LogP contribution in [0.25, 0.3) is 0 Å². The highest BCUT2D eigenvalue weighted by atomic mass is 35.5. The van der Waals surface area contributed by atoms with Gasteiger partial charge in [0.1, 0.15) is 0 Å². The Morgan fingerprint density at radius 3 is 2.75 bits per heavy atom. The first-order valence-corrected chi connectivity index (χ1v) is 3.15. The van der Waals surface area contributed by atoms with E-state index in [4.69, 9.17) is 23.8 Å². The zero-order chi connectivity index (χ0) is 5.98. The molecule has 0 fully saturated rings. The van der Waals surface area contributed by atoms with Crippen LogP contribution in [-0.4, -0.2) is 4.86 Å². The molecule has 0 N–H and O–H groups in total. The average Bonchev–Trinajstić information content (AvgIpc) is 1.77. The van der Waals surface area contributed by atoms with Crippen LogP contribution in [0.3, 0.4) is 0 Å². The van der Waals surface area contributed by atoms with Gasteiger partial charge in [0.2, 0.25) is 0 Å². The third kappa shape index (κ3) is 1.17. The Morgan fingerprint density at radius 2 is 2.38 bits per heavy atom. The van der Waals surface area contributed by atoms with Crippen molar-refractivity contribution in [3.05, 3.63) is 23.3 Å². The Balaban J connectivity index is 2.80. The van der Waals surface area contributed by atoms with E-state index in [-0.39, 0.29) is 0 Å². The van der Waals surface area contributed by atoms with Crippen LogP contribution in [0.5, 0.6) is 0 Å². The summed E-state index contributed by atoms with van der Waals surface area (Å²) in [5, 5.41) is 0.711. The molecule has 42 valence electrons. The minimum atomic E-state index is 0.711. The van der Waals surface area contributed by atoms with Crippen molar-refractivity contribution in [1.29, 1.82) is 0 Å². The van der Waals surface area contributed by atoms with Crippen LogP contribution in [0.2, 0.25) is 0 Å². The molecule has 0 saturated carbocycles. The third-order valence-corrected chi connectivity index (χ3v) is 1.80. The van der Waals surface area contributed by atoms with Gasteiger partial charge in [-0.3, -0.25) is 0 Å². The fourth-order valence-corrected chi connectivity index (χ4v) is 0.832. The van der Waals surface area contributed by atoms with Gasteiger partial charge in [-0.05, 0) is 6.08 Å². The van der Waals surface area contributed by atoms with E-state index in [2.05, 4.69) is 0 Å². The van der Waals surface area contributed by atoms with Gasteiger partial charge in [-0.1, -0.05) is 36.0 Å². The van der Waals surface area contributed by atoms with Gasteiger partial charge in [0, 0.05) is 11.3 Å². The fourth-order valence-electron chi connectivity index (χ4n) is 0.518. The molecule has 1 aliphatic carbocycles. The molecule has 0 unspecified atom stereocenters. The predicted molar refractivity (Wildman–Crippen MR) is 40.3 cm³/mol. The maximum atomic E-state index is 5.64. The minimum Gasteiger partial charge on any atom is -0.0831 e. The van der Waals surface area contributed by atoms with Crippen LogP contribution in [-0.2, 0) is 0 Å². The van der Waals surface area contributed by atoms with Crippen LogP contribution in [0.1, 0.15) is 6.42 Å². The summed E-state index contributed by atoms with van der Waals surface area (Å²) < 4.78 is 0. The van der Waals surface area contributed by atoms with Gasteiger partial charge in [0.15, 0.2) is 0 Å². The van der Waals surface area contributed by atoms with Crippen molar-refractivity contribution < 1.29 is 0 Å². The Bertz CT molecular complexity index is 167. The highest BCUT2D eigenvalue weighted by Gasteiger charge is 2.00. The van der Waals surface area contributed by atoms with E-state index < -0.39 is 0 Å². The molecular formula is C6H5ClS. The van der Waals surface area contributed by atoms with Crippen molar-refractivity contribution in [2.75, 3.05) is 0 Å². The molecule has 8 heavy (non-hydrogen) atoms. The molecule has 2 heteroatoms. The molecule has 0 saturated heterocycles. The standard InChI is InChI=1S/C6H5ClS/c7-5-3-1-2-4-6(5)8/h1-3H,4H2. The maximum Gasteiger partial charge on any atom is 0.0548 e. The maximum absolute atomic E-state index is 5.64. The van der Waals surface area contributed by atoms with Gasteiger partial charge in [-0.15, -0.1) is 0 Å². The summed E-state index contributed by atoms with van der Waals surface area (Å²) in [5.74, 6) is 0. The fraction of sp³-hybridized carbons (Fsp3) is 0.167. The molecule has 0 nitrogen and oxygen atoms in total. The lowest BCUT2D eigenvalue weighted by atomic mass is 10.2. The van der Waals surface area contributed by atoms with E-state index in [1.165, 1.54) is 0 Å². The summed E-state index contributed by atoms with van der Waals surface area (Å²) in [6, 6.07) is 0. The van der Waals surface area contributed by atoms with Gasteiger partial charge >= 0.3 is 0 Å². The Morgan fingerprint density at radius 1 is 1.62 bits per heavy atom. The number of hydrogen-bond acceptors (Lipinski definition) is 1. The number of halogens is 1. The van der Waals surface area contributed by atoms with Crippen LogP contribution < -0.4 is 0 Å². The molecule has 0 aromatic rings. The van der Waals surface area contributed by atoms with Crippen molar-refractivity contribution in [1.82, 2.24) is 0 Å². The molecule has 0 bridgehead atoms. The molecule has 0 aromatic carbocycles. The monoisotopic (exact) mass is 144 g/mol. The zero-order valence-corrected chi connectivity index (χ0v) is 5.80. The van der Waals surface area contributed by atoms with Gasteiger partial charge in [-0.2, -0.15) is 0 Å². The summed E-state index contributed by atoms with van der Waals surface area (Å²) in [5.41, 5.74) is 0. The first-order valence-electron chi connectivity index (χ1n) is 2.36. The second-order valence-electron chi connectivity index (χ2n) is 1.57. The normalized spacial score (nSPS) is 18.6. The van der Waals surface area contributed by atoms with Gasteiger partial charge < -0.3 is 0 Å². The summed E-state index contributed by atoms with van der Waals surface area (Å²) in [6.07, 6.45) is 6.55. The lowest BCUT2D eigenvalue weighted by Crippen LogP contribution is -1.93. The molecule has 0 aromatic heterocycles. The van der Waals surface area contributed by atoms with Crippen molar-refractivity contribution in [2.45, 2.75) is 6.42 Å². The number of allylic oxidation sites excluding steroid dienone is 4. The van der Waals surface area contributed by atoms with Crippen LogP contribution in [0.15, 0.2) is 23.3 Å². The predicted octanol–water partition coefficient (Wildman–Crippen LogP) is 2.44. The third-order valence-electron chi connectivity index (χ3n) is 0.948. The van der Waals surface area contributed by atoms with Gasteiger partial charge in [-0.25, -0.2) is 0 Å². The summed E-state index contributed by atoms with van der Waals surface area (Å²) in [7, 11) is 0. The van der Waals surface area contributed by atoms with E-state index in [1.807, 2.05) is 18.2 Å². The van der Waals surface area contributed by atoms with Crippen molar-refractivity contribution in [3.63, 3.8) is 0 Å². The summed E-state index contributed by atoms with van der Waals surface area (Å²) in [4.78, 5) is 0.842. The highest BCUT2D eigenvalue weighted by Crippen LogP contribution is 2.12. The van der Waals surface area contributed by atoms with Gasteiger partial charge in [0.25, 0.3) is 0 Å². The quantitative estimate of drug-likeness (QED) is 0.471. The summed E-state index contributed by atoms with van der Waals surface area (Å²) >= 11 is 10.5. The lowest BCUT2D eigenvalue weighted by molar-refractivity contribution is 1.49. The second kappa shape index (κ2) is 2.42. The SMILES string of the molecule is S=C1CC=CC=C1Cl. The molecule has 1 rings (SSSR count). The first kappa shape index (κ1) is 5.99. The largest absolute Gasteiger partial charge is 0.0831 e. The van der Waals surface area contributed by atoms with Crippen molar-refractivity contribution in [3.8, 4) is 0 Å². The van der Waals surface area contributed by atoms with Crippen LogP contribution in [0.4, 0.5) is 0 Å². The number of thiocarbonyl (C=S) groups is 1. The molecule has 0 atom stereocenters. The average molecular weight is 145 g/mol. The number of hydrogen-bond donors (Lipinski definition) is 0. The molecular weight excluding hydrogens is 140 g/mol.